The molecule has 1 aromatic heterocycles. The van der Waals surface area contributed by atoms with Gasteiger partial charge in [0.05, 0.1) is 20.8 Å². The zero-order valence-electron chi connectivity index (χ0n) is 11.2. The monoisotopic (exact) mass is 360 g/mol. The fourth-order valence-electron chi connectivity index (χ4n) is 2.05. The second-order valence-electron chi connectivity index (χ2n) is 4.56. The molecule has 1 heterocycles. The van der Waals surface area contributed by atoms with Gasteiger partial charge in [-0.05, 0) is 40.2 Å². The molecule has 2 aromatic carbocycles. The lowest BCUT2D eigenvalue weighted by Crippen LogP contribution is -2.25. The van der Waals surface area contributed by atoms with Gasteiger partial charge in [0.1, 0.15) is 0 Å². The lowest BCUT2D eigenvalue weighted by molar-refractivity contribution is 0.0953. The van der Waals surface area contributed by atoms with E-state index in [0.29, 0.717) is 12.1 Å². The van der Waals surface area contributed by atoms with Crippen LogP contribution in [0.15, 0.2) is 53.0 Å². The Morgan fingerprint density at radius 1 is 1.14 bits per heavy atom. The molecule has 0 radical (unpaired) electrons. The first kappa shape index (κ1) is 14.2. The quantitative estimate of drug-likeness (QED) is 0.762. The van der Waals surface area contributed by atoms with E-state index in [1.165, 1.54) is 4.70 Å². The molecule has 5 heteroatoms. The highest BCUT2D eigenvalue weighted by molar-refractivity contribution is 9.10. The molecular formula is C16H13BrN2OS. The number of para-hydroxylation sites is 1. The molecular weight excluding hydrogens is 348 g/mol. The van der Waals surface area contributed by atoms with Gasteiger partial charge in [-0.3, -0.25) is 4.79 Å². The number of hydrogen-bond acceptors (Lipinski definition) is 3. The third-order valence-corrected chi connectivity index (χ3v) is 4.87. The number of halogens is 1. The summed E-state index contributed by atoms with van der Waals surface area (Å²) in [6.07, 6.45) is 0.746. The molecule has 0 bridgehead atoms. The molecule has 0 aliphatic heterocycles. The number of rotatable bonds is 4. The van der Waals surface area contributed by atoms with Crippen LogP contribution in [0.2, 0.25) is 0 Å². The minimum Gasteiger partial charge on any atom is -0.352 e. The van der Waals surface area contributed by atoms with Crippen LogP contribution >= 0.6 is 27.3 Å². The van der Waals surface area contributed by atoms with Crippen molar-refractivity contribution in [2.75, 3.05) is 6.54 Å². The van der Waals surface area contributed by atoms with Crippen LogP contribution in [0.5, 0.6) is 0 Å². The van der Waals surface area contributed by atoms with Gasteiger partial charge in [0, 0.05) is 17.4 Å². The second kappa shape index (κ2) is 6.37. The smallest absolute Gasteiger partial charge is 0.252 e. The van der Waals surface area contributed by atoms with Gasteiger partial charge in [0.15, 0.2) is 0 Å². The summed E-state index contributed by atoms with van der Waals surface area (Å²) in [6, 6.07) is 15.5. The van der Waals surface area contributed by atoms with Crippen LogP contribution in [0.3, 0.4) is 0 Å². The SMILES string of the molecule is O=C(NCCc1nc2ccccc2s1)c1ccccc1Br. The van der Waals surface area contributed by atoms with E-state index >= 15 is 0 Å². The van der Waals surface area contributed by atoms with E-state index in [2.05, 4.69) is 32.3 Å². The Morgan fingerprint density at radius 2 is 1.90 bits per heavy atom. The van der Waals surface area contributed by atoms with Crippen LogP contribution in [0.4, 0.5) is 0 Å². The summed E-state index contributed by atoms with van der Waals surface area (Å²) in [7, 11) is 0. The molecule has 3 nitrogen and oxygen atoms in total. The molecule has 0 spiro atoms. The largest absolute Gasteiger partial charge is 0.352 e. The summed E-state index contributed by atoms with van der Waals surface area (Å²) in [4.78, 5) is 16.6. The average molecular weight is 361 g/mol. The van der Waals surface area contributed by atoms with E-state index < -0.39 is 0 Å². The van der Waals surface area contributed by atoms with Crippen molar-refractivity contribution in [2.45, 2.75) is 6.42 Å². The van der Waals surface area contributed by atoms with E-state index in [9.17, 15) is 4.79 Å². The van der Waals surface area contributed by atoms with Gasteiger partial charge in [0.25, 0.3) is 5.91 Å². The van der Waals surface area contributed by atoms with E-state index in [-0.39, 0.29) is 5.91 Å². The number of amides is 1. The number of nitrogens with one attached hydrogen (secondary N) is 1. The van der Waals surface area contributed by atoms with Crippen LogP contribution in [0.1, 0.15) is 15.4 Å². The molecule has 0 atom stereocenters. The second-order valence-corrected chi connectivity index (χ2v) is 6.53. The minimum absolute atomic E-state index is 0.0661. The molecule has 106 valence electrons. The molecule has 0 saturated carbocycles. The Labute approximate surface area is 135 Å². The fourth-order valence-corrected chi connectivity index (χ4v) is 3.48. The van der Waals surface area contributed by atoms with Gasteiger partial charge in [-0.1, -0.05) is 24.3 Å². The summed E-state index contributed by atoms with van der Waals surface area (Å²) < 4.78 is 1.99. The molecule has 0 unspecified atom stereocenters. The summed E-state index contributed by atoms with van der Waals surface area (Å²) in [5, 5.41) is 3.98. The van der Waals surface area contributed by atoms with E-state index in [0.717, 1.165) is 21.4 Å². The van der Waals surface area contributed by atoms with Crippen molar-refractivity contribution in [3.8, 4) is 0 Å². The minimum atomic E-state index is -0.0661. The summed E-state index contributed by atoms with van der Waals surface area (Å²) in [5.41, 5.74) is 1.68. The zero-order chi connectivity index (χ0) is 14.7. The molecule has 1 N–H and O–H groups in total. The molecule has 0 saturated heterocycles. The highest BCUT2D eigenvalue weighted by Gasteiger charge is 2.09. The van der Waals surface area contributed by atoms with Gasteiger partial charge in [-0.2, -0.15) is 0 Å². The maximum atomic E-state index is 12.1. The third kappa shape index (κ3) is 3.31. The number of aromatic nitrogens is 1. The predicted molar refractivity (Wildman–Crippen MR) is 89.8 cm³/mol. The topological polar surface area (TPSA) is 42.0 Å². The number of hydrogen-bond donors (Lipinski definition) is 1. The maximum Gasteiger partial charge on any atom is 0.252 e. The van der Waals surface area contributed by atoms with Gasteiger partial charge >= 0.3 is 0 Å². The van der Waals surface area contributed by atoms with E-state index in [1.54, 1.807) is 17.4 Å². The van der Waals surface area contributed by atoms with E-state index in [1.807, 2.05) is 36.4 Å². The maximum absolute atomic E-state index is 12.1. The number of nitrogens with zero attached hydrogens (tertiary/aromatic N) is 1. The number of carbonyl (C=O) groups is 1. The molecule has 0 aliphatic rings. The lowest BCUT2D eigenvalue weighted by atomic mass is 10.2. The average Bonchev–Trinajstić information content (AvgIpc) is 2.90. The van der Waals surface area contributed by atoms with Gasteiger partial charge < -0.3 is 5.32 Å². The molecule has 0 fully saturated rings. The van der Waals surface area contributed by atoms with Crippen LogP contribution in [-0.2, 0) is 6.42 Å². The lowest BCUT2D eigenvalue weighted by Gasteiger charge is -2.05. The van der Waals surface area contributed by atoms with Crippen molar-refractivity contribution in [1.29, 1.82) is 0 Å². The highest BCUT2D eigenvalue weighted by atomic mass is 79.9. The van der Waals surface area contributed by atoms with Crippen molar-refractivity contribution < 1.29 is 4.79 Å². The normalized spacial score (nSPS) is 10.7. The van der Waals surface area contributed by atoms with Crippen molar-refractivity contribution in [3.05, 3.63) is 63.6 Å². The van der Waals surface area contributed by atoms with Gasteiger partial charge in [-0.15, -0.1) is 11.3 Å². The van der Waals surface area contributed by atoms with Crippen molar-refractivity contribution in [3.63, 3.8) is 0 Å². The third-order valence-electron chi connectivity index (χ3n) is 3.08. The Balaban J connectivity index is 1.61. The zero-order valence-corrected chi connectivity index (χ0v) is 13.6. The number of benzene rings is 2. The van der Waals surface area contributed by atoms with Crippen molar-refractivity contribution in [2.24, 2.45) is 0 Å². The van der Waals surface area contributed by atoms with Gasteiger partial charge in [0.2, 0.25) is 0 Å². The summed E-state index contributed by atoms with van der Waals surface area (Å²) >= 11 is 5.06. The predicted octanol–water partition coefficient (Wildman–Crippen LogP) is 4.03. The highest BCUT2D eigenvalue weighted by Crippen LogP contribution is 2.21. The van der Waals surface area contributed by atoms with Crippen molar-refractivity contribution in [1.82, 2.24) is 10.3 Å². The first-order valence-corrected chi connectivity index (χ1v) is 8.22. The van der Waals surface area contributed by atoms with Crippen LogP contribution in [0.25, 0.3) is 10.2 Å². The first-order chi connectivity index (χ1) is 10.2. The van der Waals surface area contributed by atoms with E-state index in [4.69, 9.17) is 0 Å². The Bertz CT molecular complexity index is 752. The first-order valence-electron chi connectivity index (χ1n) is 6.61. The summed E-state index contributed by atoms with van der Waals surface area (Å²) in [5.74, 6) is -0.0661. The number of carbonyl (C=O) groups excluding carboxylic acids is 1. The Morgan fingerprint density at radius 3 is 2.71 bits per heavy atom. The number of thiazole rings is 1. The Kier molecular flexibility index (Phi) is 4.31. The van der Waals surface area contributed by atoms with Crippen LogP contribution in [-0.4, -0.2) is 17.4 Å². The fraction of sp³-hybridized carbons (Fsp3) is 0.125. The standard InChI is InChI=1S/C16H13BrN2OS/c17-12-6-2-1-5-11(12)16(20)18-10-9-15-19-13-7-3-4-8-14(13)21-15/h1-8H,9-10H2,(H,18,20). The Hall–Kier alpha value is -1.72. The molecule has 3 rings (SSSR count). The van der Waals surface area contributed by atoms with Crippen LogP contribution < -0.4 is 5.32 Å². The molecule has 1 amide bonds. The summed E-state index contributed by atoms with van der Waals surface area (Å²) in [6.45, 7) is 0.583. The van der Waals surface area contributed by atoms with Gasteiger partial charge in [-0.25, -0.2) is 4.98 Å². The molecule has 3 aromatic rings. The number of fused-ring (bicyclic) bond motifs is 1. The molecule has 21 heavy (non-hydrogen) atoms. The van der Waals surface area contributed by atoms with Crippen LogP contribution in [0, 0.1) is 0 Å². The molecule has 0 aliphatic carbocycles. The van der Waals surface area contributed by atoms with Crippen molar-refractivity contribution >= 4 is 43.4 Å².